The fraction of sp³-hybridized carbons (Fsp3) is 0. The topological polar surface area (TPSA) is 239 Å². The molecule has 0 aliphatic heterocycles. The molecule has 0 aromatic heterocycles. The quantitative estimate of drug-likeness (QED) is 0.127. The van der Waals surface area contributed by atoms with Gasteiger partial charge in [-0.1, -0.05) is 12.1 Å². The highest BCUT2D eigenvalue weighted by atomic mass is 32.2. The number of nitrogen functional groups attached to an aromatic ring is 1. The molecule has 39 heavy (non-hydrogen) atoms. The minimum absolute atomic E-state index is 0.0352. The average molecular weight is 592 g/mol. The Balaban J connectivity index is 1.75. The fourth-order valence-corrected chi connectivity index (χ4v) is 5.28. The molecule has 0 aliphatic rings. The highest BCUT2D eigenvalue weighted by molar-refractivity contribution is 7.86. The summed E-state index contributed by atoms with van der Waals surface area (Å²) in [5, 5.41) is 15.7. The second-order valence-corrected chi connectivity index (χ2v) is 12.0. The van der Waals surface area contributed by atoms with Gasteiger partial charge in [0.05, 0.1) is 22.0 Å². The lowest BCUT2D eigenvalue weighted by atomic mass is 10.1. The number of nitrogens with two attached hydrogens (primary N) is 1. The van der Waals surface area contributed by atoms with Crippen molar-refractivity contribution in [3.63, 3.8) is 0 Å². The molecule has 0 heterocycles. The van der Waals surface area contributed by atoms with E-state index in [1.54, 1.807) is 0 Å². The van der Waals surface area contributed by atoms with Gasteiger partial charge in [0.25, 0.3) is 30.4 Å². The number of hydrogen-bond donors (Lipinski definition) is 4. The first-order valence-corrected chi connectivity index (χ1v) is 14.8. The second-order valence-electron chi connectivity index (χ2n) is 7.82. The van der Waals surface area contributed by atoms with Gasteiger partial charge in [-0.15, -0.1) is 10.2 Å². The Morgan fingerprint density at radius 2 is 1.13 bits per heavy atom. The van der Waals surface area contributed by atoms with Gasteiger partial charge in [-0.2, -0.15) is 35.5 Å². The molecule has 4 aromatic rings. The smallest absolute Gasteiger partial charge is 0.296 e. The van der Waals surface area contributed by atoms with E-state index in [4.69, 9.17) is 10.3 Å². The third-order valence-corrected chi connectivity index (χ3v) is 7.84. The number of azo groups is 2. The maximum absolute atomic E-state index is 12.0. The fourth-order valence-electron chi connectivity index (χ4n) is 3.44. The highest BCUT2D eigenvalue weighted by Gasteiger charge is 2.19. The molecule has 4 rings (SSSR count). The molecule has 0 amide bonds. The van der Waals surface area contributed by atoms with Crippen LogP contribution in [-0.2, 0) is 30.4 Å². The van der Waals surface area contributed by atoms with Crippen LogP contribution in [0.15, 0.2) is 108 Å². The van der Waals surface area contributed by atoms with E-state index in [1.165, 1.54) is 42.5 Å². The molecule has 17 heteroatoms. The second kappa shape index (κ2) is 10.2. The first-order valence-electron chi connectivity index (χ1n) is 10.5. The van der Waals surface area contributed by atoms with Crippen LogP contribution in [0.1, 0.15) is 0 Å². The summed E-state index contributed by atoms with van der Waals surface area (Å²) in [6.45, 7) is 0. The Morgan fingerprint density at radius 1 is 0.564 bits per heavy atom. The lowest BCUT2D eigenvalue weighted by molar-refractivity contribution is 0.481. The summed E-state index contributed by atoms with van der Waals surface area (Å²) < 4.78 is 98.5. The minimum Gasteiger partial charge on any atom is -0.398 e. The molecule has 0 aliphatic carbocycles. The van der Waals surface area contributed by atoms with Crippen molar-refractivity contribution in [3.05, 3.63) is 72.8 Å². The minimum atomic E-state index is -4.85. The van der Waals surface area contributed by atoms with Gasteiger partial charge in [0, 0.05) is 16.5 Å². The van der Waals surface area contributed by atoms with E-state index in [0.717, 1.165) is 30.3 Å². The van der Waals surface area contributed by atoms with E-state index in [2.05, 4.69) is 20.5 Å². The van der Waals surface area contributed by atoms with Gasteiger partial charge in [-0.25, -0.2) is 0 Å². The largest absolute Gasteiger partial charge is 0.398 e. The molecule has 0 atom stereocenters. The van der Waals surface area contributed by atoms with Crippen molar-refractivity contribution in [1.29, 1.82) is 0 Å². The standard InChI is InChI=1S/C22H17N5O9S3/c23-17-9-11-19(22-16(17)2-1-3-20(22)38(31,32)33)27-26-18-10-6-14(12-21(18)39(34,35)36)25-24-13-4-7-15(8-5-13)37(28,29)30/h1-12H,23H2,(H,28,29,30)(H,31,32,33)(H,34,35,36)/b25-24+,27-26+. The monoisotopic (exact) mass is 591 g/mol. The van der Waals surface area contributed by atoms with E-state index in [0.29, 0.717) is 0 Å². The first-order chi connectivity index (χ1) is 18.1. The molecule has 4 aromatic carbocycles. The van der Waals surface area contributed by atoms with Gasteiger partial charge in [-0.05, 0) is 60.7 Å². The maximum Gasteiger partial charge on any atom is 0.296 e. The summed E-state index contributed by atoms with van der Waals surface area (Å²) in [5.41, 5.74) is 5.85. The summed E-state index contributed by atoms with van der Waals surface area (Å²) >= 11 is 0. The Kier molecular flexibility index (Phi) is 7.30. The number of hydrogen-bond acceptors (Lipinski definition) is 11. The number of nitrogens with zero attached hydrogens (tertiary/aromatic N) is 4. The van der Waals surface area contributed by atoms with Gasteiger partial charge < -0.3 is 5.73 Å². The molecular formula is C22H17N5O9S3. The zero-order chi connectivity index (χ0) is 28.6. The Morgan fingerprint density at radius 3 is 1.74 bits per heavy atom. The van der Waals surface area contributed by atoms with Crippen molar-refractivity contribution < 1.29 is 38.9 Å². The van der Waals surface area contributed by atoms with Crippen LogP contribution < -0.4 is 5.73 Å². The van der Waals surface area contributed by atoms with Crippen LogP contribution in [0.4, 0.5) is 28.4 Å². The van der Waals surface area contributed by atoms with Gasteiger partial charge in [-0.3, -0.25) is 13.7 Å². The van der Waals surface area contributed by atoms with E-state index >= 15 is 0 Å². The highest BCUT2D eigenvalue weighted by Crippen LogP contribution is 2.37. The number of fused-ring (bicyclic) bond motifs is 1. The zero-order valence-electron chi connectivity index (χ0n) is 19.3. The Labute approximate surface area is 221 Å². The van der Waals surface area contributed by atoms with Gasteiger partial charge in [0.15, 0.2) is 0 Å². The van der Waals surface area contributed by atoms with Crippen molar-refractivity contribution in [2.75, 3.05) is 5.73 Å². The number of anilines is 1. The SMILES string of the molecule is Nc1ccc(/N=N/c2ccc(/N=N/c3ccc(S(=O)(=O)O)cc3)cc2S(=O)(=O)O)c2c(S(=O)(=O)O)cccc12. The normalized spacial score (nSPS) is 13.0. The van der Waals surface area contributed by atoms with Crippen LogP contribution in [0.2, 0.25) is 0 Å². The third kappa shape index (κ3) is 6.30. The molecule has 202 valence electrons. The molecule has 0 saturated heterocycles. The molecule has 0 fully saturated rings. The van der Waals surface area contributed by atoms with Crippen LogP contribution in [-0.4, -0.2) is 38.9 Å². The molecule has 0 unspecified atom stereocenters. The van der Waals surface area contributed by atoms with Crippen molar-refractivity contribution in [2.24, 2.45) is 20.5 Å². The van der Waals surface area contributed by atoms with Gasteiger partial charge >= 0.3 is 0 Å². The molecule has 0 spiro atoms. The summed E-state index contributed by atoms with van der Waals surface area (Å²) in [7, 11) is -13.9. The summed E-state index contributed by atoms with van der Waals surface area (Å²) in [4.78, 5) is -1.54. The van der Waals surface area contributed by atoms with Crippen LogP contribution in [0, 0.1) is 0 Å². The summed E-state index contributed by atoms with van der Waals surface area (Å²) in [6, 6.07) is 14.8. The predicted octanol–water partition coefficient (Wildman–Crippen LogP) is 4.99. The van der Waals surface area contributed by atoms with Crippen LogP contribution in [0.5, 0.6) is 0 Å². The zero-order valence-corrected chi connectivity index (χ0v) is 21.8. The number of benzene rings is 4. The van der Waals surface area contributed by atoms with E-state index in [1.807, 2.05) is 0 Å². The number of rotatable bonds is 7. The van der Waals surface area contributed by atoms with Crippen LogP contribution in [0.3, 0.4) is 0 Å². The van der Waals surface area contributed by atoms with Crippen LogP contribution >= 0.6 is 0 Å². The summed E-state index contributed by atoms with van der Waals surface area (Å²) in [6.07, 6.45) is 0. The average Bonchev–Trinajstić information content (AvgIpc) is 2.86. The maximum atomic E-state index is 12.0. The Bertz CT molecular complexity index is 1990. The Hall–Kier alpha value is -4.13. The van der Waals surface area contributed by atoms with E-state index < -0.39 is 40.1 Å². The molecule has 5 N–H and O–H groups in total. The van der Waals surface area contributed by atoms with E-state index in [9.17, 15) is 34.4 Å². The van der Waals surface area contributed by atoms with Crippen molar-refractivity contribution >= 4 is 69.6 Å². The van der Waals surface area contributed by atoms with Crippen LogP contribution in [0.25, 0.3) is 10.8 Å². The summed E-state index contributed by atoms with van der Waals surface area (Å²) in [5.74, 6) is 0. The molecule has 0 bridgehead atoms. The molecular weight excluding hydrogens is 574 g/mol. The first kappa shape index (κ1) is 27.9. The molecule has 0 saturated carbocycles. The van der Waals surface area contributed by atoms with Gasteiger partial charge in [0.1, 0.15) is 15.5 Å². The van der Waals surface area contributed by atoms with E-state index in [-0.39, 0.29) is 44.1 Å². The van der Waals surface area contributed by atoms with Crippen molar-refractivity contribution in [1.82, 2.24) is 0 Å². The van der Waals surface area contributed by atoms with Gasteiger partial charge in [0.2, 0.25) is 0 Å². The third-order valence-electron chi connectivity index (χ3n) is 5.19. The molecule has 14 nitrogen and oxygen atoms in total. The van der Waals surface area contributed by atoms with Crippen molar-refractivity contribution in [2.45, 2.75) is 14.7 Å². The molecule has 0 radical (unpaired) electrons. The van der Waals surface area contributed by atoms with Crippen molar-refractivity contribution in [3.8, 4) is 0 Å². The lowest BCUT2D eigenvalue weighted by Gasteiger charge is -2.09. The lowest BCUT2D eigenvalue weighted by Crippen LogP contribution is -2.00. The predicted molar refractivity (Wildman–Crippen MR) is 139 cm³/mol.